The molecule has 0 atom stereocenters. The molecule has 0 fully saturated rings. The molecule has 2 aliphatic rings. The Hall–Kier alpha value is -5.55. The molecule has 0 spiro atoms. The van der Waals surface area contributed by atoms with Gasteiger partial charge in [-0.25, -0.2) is 4.98 Å². The number of anilines is 2. The molecule has 7 rings (SSSR count). The number of aromatic nitrogens is 1. The van der Waals surface area contributed by atoms with Crippen LogP contribution in [0.3, 0.4) is 0 Å². The molecule has 1 aliphatic heterocycles. The van der Waals surface area contributed by atoms with Crippen LogP contribution in [0.2, 0.25) is 0 Å². The van der Waals surface area contributed by atoms with Crippen molar-refractivity contribution in [1.29, 1.82) is 0 Å². The number of hydrogen-bond donors (Lipinski definition) is 2. The summed E-state index contributed by atoms with van der Waals surface area (Å²) >= 11 is 0. The van der Waals surface area contributed by atoms with Crippen LogP contribution in [0.25, 0.3) is 27.4 Å². The number of nitrogens with one attached hydrogen (secondary N) is 1. The van der Waals surface area contributed by atoms with E-state index < -0.39 is 5.56 Å². The van der Waals surface area contributed by atoms with Crippen molar-refractivity contribution in [2.24, 2.45) is 0 Å². The van der Waals surface area contributed by atoms with Crippen molar-refractivity contribution >= 4 is 38.8 Å². The van der Waals surface area contributed by atoms with E-state index in [1.54, 1.807) is 18.2 Å². The molecule has 5 heteroatoms. The molecule has 0 saturated carbocycles. The topological polar surface area (TPSA) is 79.3 Å². The van der Waals surface area contributed by atoms with Gasteiger partial charge in [-0.2, -0.15) is 0 Å². The molecule has 46 heavy (non-hydrogen) atoms. The van der Waals surface area contributed by atoms with Crippen molar-refractivity contribution in [2.45, 2.75) is 39.0 Å². The monoisotopic (exact) mass is 602 g/mol. The number of benzene rings is 5. The number of hydrogen-bond acceptors (Lipinski definition) is 5. The average Bonchev–Trinajstić information content (AvgIpc) is 3.08. The third-order valence-corrected chi connectivity index (χ3v) is 9.32. The molecule has 0 unspecified atom stereocenters. The molecular weight excluding hydrogens is 568 g/mol. The Balaban J connectivity index is 1.63. The Morgan fingerprint density at radius 2 is 1.41 bits per heavy atom. The Labute approximate surface area is 266 Å². The van der Waals surface area contributed by atoms with E-state index in [-0.39, 0.29) is 21.8 Å². The third-order valence-electron chi connectivity index (χ3n) is 9.32. The van der Waals surface area contributed by atoms with Crippen LogP contribution in [0.5, 0.6) is 0 Å². The molecule has 5 nitrogen and oxygen atoms in total. The minimum absolute atomic E-state index is 0.0615. The van der Waals surface area contributed by atoms with Crippen LogP contribution < -0.4 is 21.5 Å². The van der Waals surface area contributed by atoms with Crippen LogP contribution in [0.15, 0.2) is 125 Å². The minimum atomic E-state index is -0.538. The summed E-state index contributed by atoms with van der Waals surface area (Å²) in [6, 6.07) is 36.6. The highest BCUT2D eigenvalue weighted by atomic mass is 16.3. The van der Waals surface area contributed by atoms with Gasteiger partial charge >= 0.3 is 0 Å². The highest BCUT2D eigenvalue weighted by molar-refractivity contribution is 5.97. The van der Waals surface area contributed by atoms with Gasteiger partial charge in [-0.1, -0.05) is 118 Å². The maximum atomic E-state index is 14.4. The van der Waals surface area contributed by atoms with Crippen LogP contribution in [0.1, 0.15) is 49.4 Å². The lowest BCUT2D eigenvalue weighted by Crippen LogP contribution is -2.33. The van der Waals surface area contributed by atoms with E-state index in [1.165, 1.54) is 5.56 Å². The fourth-order valence-electron chi connectivity index (χ4n) is 6.40. The second-order valence-electron chi connectivity index (χ2n) is 12.5. The molecule has 0 bridgehead atoms. The quantitative estimate of drug-likeness (QED) is 0.195. The first kappa shape index (κ1) is 29.2. The summed E-state index contributed by atoms with van der Waals surface area (Å²) in [5.74, 6) is -0.165. The number of aliphatic hydroxyl groups excluding tert-OH is 1. The van der Waals surface area contributed by atoms with E-state index in [0.29, 0.717) is 49.8 Å². The molecule has 0 saturated heterocycles. The number of rotatable bonds is 7. The van der Waals surface area contributed by atoms with Crippen molar-refractivity contribution in [3.63, 3.8) is 0 Å². The van der Waals surface area contributed by atoms with Crippen LogP contribution in [-0.4, -0.2) is 10.1 Å². The predicted molar refractivity (Wildman–Crippen MR) is 187 cm³/mol. The molecule has 0 radical (unpaired) electrons. The maximum absolute atomic E-state index is 14.4. The zero-order valence-electron chi connectivity index (χ0n) is 26.1. The Morgan fingerprint density at radius 3 is 2.09 bits per heavy atom. The molecule has 226 valence electrons. The van der Waals surface area contributed by atoms with Crippen molar-refractivity contribution < 1.29 is 5.11 Å². The number of aliphatic hydroxyl groups is 1. The SMILES string of the molecule is CCC(C)(C)c1ccc(Cc2cc(Nc3ccccc3)c3c4c2nc(=O)c(=C(O)c2ccccc2)c=4c2ccccc2c3=O)cc1. The number of para-hydroxylation sites is 1. The van der Waals surface area contributed by atoms with Gasteiger partial charge in [0.05, 0.1) is 21.8 Å². The highest BCUT2D eigenvalue weighted by Crippen LogP contribution is 2.32. The summed E-state index contributed by atoms with van der Waals surface area (Å²) < 4.78 is 0. The van der Waals surface area contributed by atoms with Crippen molar-refractivity contribution in [3.8, 4) is 0 Å². The maximum Gasteiger partial charge on any atom is 0.282 e. The van der Waals surface area contributed by atoms with Crippen LogP contribution in [0.4, 0.5) is 11.4 Å². The number of fused-ring (bicyclic) bond motifs is 2. The minimum Gasteiger partial charge on any atom is -0.506 e. The van der Waals surface area contributed by atoms with Crippen molar-refractivity contribution in [3.05, 3.63) is 174 Å². The van der Waals surface area contributed by atoms with E-state index in [4.69, 9.17) is 0 Å². The molecule has 1 aliphatic carbocycles. The summed E-state index contributed by atoms with van der Waals surface area (Å²) in [4.78, 5) is 33.0. The van der Waals surface area contributed by atoms with Crippen molar-refractivity contribution in [1.82, 2.24) is 4.98 Å². The molecule has 5 aromatic carbocycles. The van der Waals surface area contributed by atoms with E-state index in [1.807, 2.05) is 72.8 Å². The largest absolute Gasteiger partial charge is 0.506 e. The highest BCUT2D eigenvalue weighted by Gasteiger charge is 2.22. The molecular formula is C41H34N2O3. The summed E-state index contributed by atoms with van der Waals surface area (Å²) in [7, 11) is 0. The van der Waals surface area contributed by atoms with Gasteiger partial charge in [0, 0.05) is 27.1 Å². The van der Waals surface area contributed by atoms with Gasteiger partial charge in [0.2, 0.25) is 0 Å². The standard InChI is InChI=1S/C41H34N2O3/c1-4-41(2,3)28-21-19-25(20-22-28)23-27-24-32(42-29-15-9-6-10-16-29)34-35-33(30-17-11-12-18-31(30)39(34)45)36(40(46)43-37(27)35)38(44)26-13-7-5-8-14-26/h5-22,24,42,44H,4,23H2,1-3H3. The fourth-order valence-corrected chi connectivity index (χ4v) is 6.40. The predicted octanol–water partition coefficient (Wildman–Crippen LogP) is 7.73. The summed E-state index contributed by atoms with van der Waals surface area (Å²) in [5, 5.41) is 17.9. The lowest BCUT2D eigenvalue weighted by Gasteiger charge is -2.23. The van der Waals surface area contributed by atoms with Gasteiger partial charge in [0.1, 0.15) is 5.76 Å². The third kappa shape index (κ3) is 4.94. The smallest absolute Gasteiger partial charge is 0.282 e. The second-order valence-corrected chi connectivity index (χ2v) is 12.5. The zero-order valence-corrected chi connectivity index (χ0v) is 26.1. The van der Waals surface area contributed by atoms with Crippen LogP contribution >= 0.6 is 0 Å². The summed E-state index contributed by atoms with van der Waals surface area (Å²) in [6.07, 6.45) is 1.53. The van der Waals surface area contributed by atoms with Gasteiger partial charge in [0.25, 0.3) is 5.56 Å². The fraction of sp³-hybridized carbons (Fsp3) is 0.146. The van der Waals surface area contributed by atoms with Crippen LogP contribution in [0, 0.1) is 10.4 Å². The van der Waals surface area contributed by atoms with Gasteiger partial charge in [0.15, 0.2) is 5.43 Å². The van der Waals surface area contributed by atoms with E-state index in [0.717, 1.165) is 23.2 Å². The van der Waals surface area contributed by atoms with Gasteiger partial charge in [-0.05, 0) is 58.5 Å². The van der Waals surface area contributed by atoms with Crippen molar-refractivity contribution in [2.75, 3.05) is 5.32 Å². The second kappa shape index (κ2) is 11.4. The number of nitrogens with zero attached hydrogens (tertiary/aromatic N) is 1. The molecule has 5 aromatic rings. The molecule has 2 N–H and O–H groups in total. The molecule has 0 aromatic heterocycles. The normalized spacial score (nSPS) is 12.6. The molecule has 1 heterocycles. The first-order chi connectivity index (χ1) is 22.3. The lowest BCUT2D eigenvalue weighted by molar-refractivity contribution is 0.506. The molecule has 0 amide bonds. The lowest BCUT2D eigenvalue weighted by atomic mass is 9.82. The van der Waals surface area contributed by atoms with Gasteiger partial charge in [-0.3, -0.25) is 9.59 Å². The van der Waals surface area contributed by atoms with E-state index in [9.17, 15) is 14.7 Å². The summed E-state index contributed by atoms with van der Waals surface area (Å²) in [5.41, 5.74) is 4.94. The average molecular weight is 603 g/mol. The zero-order chi connectivity index (χ0) is 32.0. The van der Waals surface area contributed by atoms with Crippen LogP contribution in [-0.2, 0) is 11.8 Å². The first-order valence-electron chi connectivity index (χ1n) is 15.6. The van der Waals surface area contributed by atoms with Gasteiger partial charge in [-0.15, -0.1) is 0 Å². The Kier molecular flexibility index (Phi) is 7.25. The van der Waals surface area contributed by atoms with E-state index >= 15 is 0 Å². The van der Waals surface area contributed by atoms with E-state index in [2.05, 4.69) is 55.3 Å². The Morgan fingerprint density at radius 1 is 0.783 bits per heavy atom. The summed E-state index contributed by atoms with van der Waals surface area (Å²) in [6.45, 7) is 6.67. The van der Waals surface area contributed by atoms with Gasteiger partial charge < -0.3 is 10.4 Å². The first-order valence-corrected chi connectivity index (χ1v) is 15.6. The Bertz CT molecular complexity index is 2460.